The second-order valence-electron chi connectivity index (χ2n) is 13.1. The van der Waals surface area contributed by atoms with E-state index in [0.717, 1.165) is 24.0 Å². The summed E-state index contributed by atoms with van der Waals surface area (Å²) in [7, 11) is 1.23. The number of aldehydes is 2. The fraction of sp³-hybridized carbons (Fsp3) is 0.275. The van der Waals surface area contributed by atoms with E-state index in [1.54, 1.807) is 41.4 Å². The van der Waals surface area contributed by atoms with Crippen LogP contribution in [0, 0.1) is 0 Å². The summed E-state index contributed by atoms with van der Waals surface area (Å²) in [5.41, 5.74) is 7.46. The highest BCUT2D eigenvalue weighted by Crippen LogP contribution is 2.45. The molecule has 1 aromatic heterocycles. The molecule has 0 bridgehead atoms. The molecule has 298 valence electrons. The Kier molecular flexibility index (Phi) is 12.7. The van der Waals surface area contributed by atoms with Crippen molar-refractivity contribution in [2.45, 2.75) is 49.4 Å². The lowest BCUT2D eigenvalue weighted by molar-refractivity contribution is -0.192. The number of carbonyl (C=O) groups excluding carboxylic acids is 5. The molecule has 0 radical (unpaired) electrons. The van der Waals surface area contributed by atoms with Crippen LogP contribution in [0.25, 0.3) is 11.1 Å². The number of rotatable bonds is 14. The van der Waals surface area contributed by atoms with Crippen molar-refractivity contribution in [1.29, 1.82) is 0 Å². The first-order valence-corrected chi connectivity index (χ1v) is 17.5. The maximum atomic E-state index is 13.8. The van der Waals surface area contributed by atoms with E-state index in [1.165, 1.54) is 7.11 Å². The number of hydrogen-bond donors (Lipinski definition) is 4. The number of pyridine rings is 1. The van der Waals surface area contributed by atoms with Gasteiger partial charge in [-0.2, -0.15) is 13.2 Å². The number of ether oxygens (including phenoxy) is 2. The minimum absolute atomic E-state index is 0.0565. The number of carboxylic acids is 1. The van der Waals surface area contributed by atoms with Crippen molar-refractivity contribution in [2.75, 3.05) is 30.9 Å². The highest BCUT2D eigenvalue weighted by atomic mass is 19.4. The standard InChI is InChI=1S/C38H37N5O7.C2HF3O2/c1-49-36(48)38(37(24-45,42-38)16-18-44)22-26-13-15-30(28(21-26)27-9-3-2-4-10-27)43-31-14-12-25(20-29(31)35(47)41-23-33(43)46)8-5-6-19-50-32-11-7-17-40-34(32)39;3-2(4,5)1(6)7/h2-4,7,9-15,17-18,20-21,24,42H,5-6,8,16,19,22-23H2,1H3,(H2,39,40)(H,41,47);(H,6,7)/t37?,38-;/m0./s1. The van der Waals surface area contributed by atoms with Crippen molar-refractivity contribution in [1.82, 2.24) is 15.6 Å². The van der Waals surface area contributed by atoms with E-state index < -0.39 is 29.2 Å². The largest absolute Gasteiger partial charge is 0.490 e. The molecule has 2 aliphatic rings. The Morgan fingerprint density at radius 2 is 1.63 bits per heavy atom. The minimum Gasteiger partial charge on any atom is -0.490 e. The number of esters is 1. The van der Waals surface area contributed by atoms with Gasteiger partial charge in [-0.15, -0.1) is 0 Å². The van der Waals surface area contributed by atoms with E-state index in [0.29, 0.717) is 65.2 Å². The van der Waals surface area contributed by atoms with E-state index >= 15 is 0 Å². The summed E-state index contributed by atoms with van der Waals surface area (Å²) in [6.07, 6.45) is -0.188. The van der Waals surface area contributed by atoms with Gasteiger partial charge in [0.2, 0.25) is 0 Å². The fourth-order valence-electron chi connectivity index (χ4n) is 6.59. The van der Waals surface area contributed by atoms with Crippen molar-refractivity contribution in [3.8, 4) is 16.9 Å². The second kappa shape index (κ2) is 17.5. The molecule has 2 atom stereocenters. The van der Waals surface area contributed by atoms with Crippen molar-refractivity contribution in [3.63, 3.8) is 0 Å². The van der Waals surface area contributed by atoms with Gasteiger partial charge in [-0.05, 0) is 72.4 Å². The first kappa shape index (κ1) is 41.5. The van der Waals surface area contributed by atoms with E-state index in [2.05, 4.69) is 15.6 Å². The Hall–Kier alpha value is -6.62. The maximum Gasteiger partial charge on any atom is 0.490 e. The molecule has 4 aromatic rings. The number of nitrogens with two attached hydrogens (primary N) is 1. The number of benzene rings is 3. The zero-order valence-electron chi connectivity index (χ0n) is 30.5. The number of methoxy groups -OCH3 is 1. The summed E-state index contributed by atoms with van der Waals surface area (Å²) < 4.78 is 42.5. The number of carboxylic acid groups (broad SMARTS) is 1. The van der Waals surface area contributed by atoms with E-state index in [1.807, 2.05) is 48.5 Å². The van der Waals surface area contributed by atoms with Crippen LogP contribution in [0.2, 0.25) is 0 Å². The number of fused-ring (bicyclic) bond motifs is 1. The predicted molar refractivity (Wildman–Crippen MR) is 200 cm³/mol. The summed E-state index contributed by atoms with van der Waals surface area (Å²) in [4.78, 5) is 78.1. The molecule has 2 aliphatic heterocycles. The summed E-state index contributed by atoms with van der Waals surface area (Å²) in [6.45, 7) is 0.252. The van der Waals surface area contributed by atoms with Crippen LogP contribution in [0.5, 0.6) is 5.75 Å². The van der Waals surface area contributed by atoms with Crippen LogP contribution in [-0.2, 0) is 41.6 Å². The van der Waals surface area contributed by atoms with E-state index in [9.17, 15) is 37.1 Å². The lowest BCUT2D eigenvalue weighted by Crippen LogP contribution is -2.39. The Morgan fingerprint density at radius 1 is 0.965 bits per heavy atom. The van der Waals surface area contributed by atoms with Gasteiger partial charge in [-0.3, -0.25) is 19.8 Å². The number of aliphatic carboxylic acids is 1. The normalized spacial score (nSPS) is 18.5. The molecule has 1 unspecified atom stereocenters. The molecular formula is C40H38F3N5O9. The van der Waals surface area contributed by atoms with Crippen LogP contribution in [0.4, 0.5) is 30.4 Å². The molecule has 0 aliphatic carbocycles. The fourth-order valence-corrected chi connectivity index (χ4v) is 6.59. The third-order valence-corrected chi connectivity index (χ3v) is 9.49. The van der Waals surface area contributed by atoms with Gasteiger partial charge in [0.1, 0.15) is 23.7 Å². The number of carbonyl (C=O) groups is 6. The van der Waals surface area contributed by atoms with Gasteiger partial charge in [0.15, 0.2) is 11.6 Å². The molecule has 3 heterocycles. The molecule has 57 heavy (non-hydrogen) atoms. The summed E-state index contributed by atoms with van der Waals surface area (Å²) in [6, 6.07) is 23.9. The third-order valence-electron chi connectivity index (χ3n) is 9.49. The maximum absolute atomic E-state index is 13.8. The number of alkyl halides is 3. The number of halogens is 3. The molecule has 5 N–H and O–H groups in total. The highest BCUT2D eigenvalue weighted by Gasteiger charge is 2.72. The van der Waals surface area contributed by atoms with Crippen molar-refractivity contribution in [2.24, 2.45) is 0 Å². The molecule has 14 nitrogen and oxygen atoms in total. The number of amides is 2. The van der Waals surface area contributed by atoms with Gasteiger partial charge in [0, 0.05) is 24.6 Å². The average Bonchev–Trinajstić information content (AvgIpc) is 3.87. The summed E-state index contributed by atoms with van der Waals surface area (Å²) >= 11 is 0. The molecule has 1 fully saturated rings. The van der Waals surface area contributed by atoms with Gasteiger partial charge < -0.3 is 35.2 Å². The van der Waals surface area contributed by atoms with Crippen LogP contribution < -0.4 is 26.0 Å². The number of anilines is 3. The van der Waals surface area contributed by atoms with Gasteiger partial charge in [-0.1, -0.05) is 42.5 Å². The Bertz CT molecular complexity index is 2170. The SMILES string of the molecule is COC(=O)[C@]1(Cc2ccc(N3C(=O)CNC(=O)c4cc(CCCCOc5cccnc5N)ccc43)c(-c3ccccc3)c2)NC1(C=O)CC=O.O=C(O)C(F)(F)F. The molecule has 6 rings (SSSR count). The van der Waals surface area contributed by atoms with Crippen LogP contribution >= 0.6 is 0 Å². The smallest absolute Gasteiger partial charge is 0.490 e. The number of nitrogens with one attached hydrogen (secondary N) is 2. The minimum atomic E-state index is -5.08. The first-order valence-electron chi connectivity index (χ1n) is 17.5. The van der Waals surface area contributed by atoms with Crippen molar-refractivity contribution in [3.05, 3.63) is 102 Å². The predicted octanol–water partition coefficient (Wildman–Crippen LogP) is 4.36. The van der Waals surface area contributed by atoms with Gasteiger partial charge in [0.25, 0.3) is 11.8 Å². The third kappa shape index (κ3) is 9.10. The Morgan fingerprint density at radius 3 is 2.26 bits per heavy atom. The number of aromatic nitrogens is 1. The number of nitrogen functional groups attached to an aromatic ring is 1. The first-order chi connectivity index (χ1) is 27.2. The van der Waals surface area contributed by atoms with Gasteiger partial charge in [0.05, 0.1) is 37.2 Å². The molecule has 0 saturated carbocycles. The molecule has 2 amide bonds. The molecule has 1 saturated heterocycles. The van der Waals surface area contributed by atoms with Gasteiger partial charge >= 0.3 is 18.1 Å². The zero-order valence-corrected chi connectivity index (χ0v) is 30.5. The number of nitrogens with zero attached hydrogens (tertiary/aromatic N) is 2. The van der Waals surface area contributed by atoms with Crippen LogP contribution in [-0.4, -0.2) is 83.9 Å². The number of aryl methyl sites for hydroxylation is 1. The molecule has 0 spiro atoms. The Labute approximate surface area is 324 Å². The summed E-state index contributed by atoms with van der Waals surface area (Å²) in [5.74, 6) is -3.21. The molecular weight excluding hydrogens is 751 g/mol. The summed E-state index contributed by atoms with van der Waals surface area (Å²) in [5, 5.41) is 12.8. The topological polar surface area (TPSA) is 217 Å². The van der Waals surface area contributed by atoms with E-state index in [4.69, 9.17) is 25.1 Å². The van der Waals surface area contributed by atoms with Crippen LogP contribution in [0.15, 0.2) is 85.1 Å². The van der Waals surface area contributed by atoms with Crippen molar-refractivity contribution < 1.29 is 56.5 Å². The number of unbranched alkanes of at least 4 members (excludes halogenated alkanes) is 1. The van der Waals surface area contributed by atoms with E-state index in [-0.39, 0.29) is 31.2 Å². The van der Waals surface area contributed by atoms with Crippen molar-refractivity contribution >= 4 is 53.5 Å². The quantitative estimate of drug-likeness (QED) is 0.0607. The van der Waals surface area contributed by atoms with Gasteiger partial charge in [-0.25, -0.2) is 14.6 Å². The number of hydrogen-bond acceptors (Lipinski definition) is 11. The zero-order chi connectivity index (χ0) is 41.4. The lowest BCUT2D eigenvalue weighted by Gasteiger charge is -2.26. The average molecular weight is 790 g/mol. The molecule has 3 aromatic carbocycles. The monoisotopic (exact) mass is 789 g/mol. The van der Waals surface area contributed by atoms with Crippen LogP contribution in [0.3, 0.4) is 0 Å². The molecule has 17 heteroatoms. The Balaban J connectivity index is 0.000000811. The second-order valence-corrected chi connectivity index (χ2v) is 13.1. The van der Waals surface area contributed by atoms with Crippen LogP contribution in [0.1, 0.15) is 40.7 Å². The lowest BCUT2D eigenvalue weighted by atomic mass is 9.85. The highest BCUT2D eigenvalue weighted by molar-refractivity contribution is 6.14.